The molecule has 1 aromatic rings. The van der Waals surface area contributed by atoms with E-state index < -0.39 is 5.97 Å². The predicted molar refractivity (Wildman–Crippen MR) is 63.4 cm³/mol. The van der Waals surface area contributed by atoms with Gasteiger partial charge in [0.25, 0.3) is 0 Å². The van der Waals surface area contributed by atoms with E-state index >= 15 is 0 Å². The third-order valence-corrected chi connectivity index (χ3v) is 3.09. The van der Waals surface area contributed by atoms with Gasteiger partial charge in [0.2, 0.25) is 0 Å². The van der Waals surface area contributed by atoms with E-state index in [0.29, 0.717) is 6.04 Å². The lowest BCUT2D eigenvalue weighted by molar-refractivity contribution is -0.132. The molecule has 4 nitrogen and oxygen atoms in total. The summed E-state index contributed by atoms with van der Waals surface area (Å²) in [6.07, 6.45) is 3.82. The standard InChI is InChI=1S/C13H14N2O2/c1-8-5-10(6-11(7-14)13(16)17)9(2)15(8)12-3-4-12/h5-6,12H,3-4H2,1-2H3,(H,16,17). The minimum Gasteiger partial charge on any atom is -0.477 e. The molecule has 0 amide bonds. The van der Waals surface area contributed by atoms with Crippen molar-refractivity contribution in [2.75, 3.05) is 0 Å². The summed E-state index contributed by atoms with van der Waals surface area (Å²) >= 11 is 0. The molecule has 4 heteroatoms. The second kappa shape index (κ2) is 4.10. The second-order valence-electron chi connectivity index (χ2n) is 4.40. The van der Waals surface area contributed by atoms with Crippen molar-refractivity contribution >= 4 is 12.0 Å². The maximum atomic E-state index is 10.8. The molecule has 88 valence electrons. The van der Waals surface area contributed by atoms with Crippen LogP contribution in [0.3, 0.4) is 0 Å². The molecular formula is C13H14N2O2. The molecule has 2 rings (SSSR count). The van der Waals surface area contributed by atoms with Crippen LogP contribution in [0.5, 0.6) is 0 Å². The lowest BCUT2D eigenvalue weighted by atomic mass is 10.1. The smallest absolute Gasteiger partial charge is 0.346 e. The van der Waals surface area contributed by atoms with Gasteiger partial charge in [-0.25, -0.2) is 4.79 Å². The van der Waals surface area contributed by atoms with Crippen LogP contribution in [0.4, 0.5) is 0 Å². The fourth-order valence-corrected chi connectivity index (χ4v) is 2.14. The summed E-state index contributed by atoms with van der Waals surface area (Å²) in [7, 11) is 0. The number of carboxylic acids is 1. The van der Waals surface area contributed by atoms with Crippen LogP contribution in [0, 0.1) is 25.2 Å². The van der Waals surface area contributed by atoms with Gasteiger partial charge >= 0.3 is 5.97 Å². The number of hydrogen-bond acceptors (Lipinski definition) is 2. The van der Waals surface area contributed by atoms with Crippen LogP contribution >= 0.6 is 0 Å². The monoisotopic (exact) mass is 230 g/mol. The molecule has 0 aromatic carbocycles. The van der Waals surface area contributed by atoms with Crippen LogP contribution in [0.2, 0.25) is 0 Å². The number of aliphatic carboxylic acids is 1. The first-order valence-corrected chi connectivity index (χ1v) is 5.58. The number of rotatable bonds is 3. The van der Waals surface area contributed by atoms with Crippen LogP contribution in [0.15, 0.2) is 11.6 Å². The van der Waals surface area contributed by atoms with Crippen LogP contribution in [0.25, 0.3) is 6.08 Å². The Morgan fingerprint density at radius 1 is 1.59 bits per heavy atom. The normalized spacial score (nSPS) is 15.7. The Morgan fingerprint density at radius 3 is 2.71 bits per heavy atom. The van der Waals surface area contributed by atoms with Gasteiger partial charge in [-0.15, -0.1) is 0 Å². The van der Waals surface area contributed by atoms with Crippen LogP contribution < -0.4 is 0 Å². The molecule has 17 heavy (non-hydrogen) atoms. The molecule has 0 atom stereocenters. The molecule has 0 unspecified atom stereocenters. The lowest BCUT2D eigenvalue weighted by Crippen LogP contribution is -2.00. The van der Waals surface area contributed by atoms with Gasteiger partial charge in [0.15, 0.2) is 0 Å². The fraction of sp³-hybridized carbons (Fsp3) is 0.385. The number of nitrogens with zero attached hydrogens (tertiary/aromatic N) is 2. The van der Waals surface area contributed by atoms with Crippen molar-refractivity contribution in [3.05, 3.63) is 28.6 Å². The Morgan fingerprint density at radius 2 is 2.24 bits per heavy atom. The van der Waals surface area contributed by atoms with E-state index in [1.165, 1.54) is 18.9 Å². The van der Waals surface area contributed by atoms with Gasteiger partial charge in [-0.05, 0) is 44.4 Å². The van der Waals surface area contributed by atoms with Crippen molar-refractivity contribution in [3.63, 3.8) is 0 Å². The summed E-state index contributed by atoms with van der Waals surface area (Å²) in [5, 5.41) is 17.6. The maximum absolute atomic E-state index is 10.8. The summed E-state index contributed by atoms with van der Waals surface area (Å²) in [5.74, 6) is -1.18. The van der Waals surface area contributed by atoms with Gasteiger partial charge in [0.1, 0.15) is 11.6 Å². The highest BCUT2D eigenvalue weighted by Crippen LogP contribution is 2.38. The van der Waals surface area contributed by atoms with E-state index in [-0.39, 0.29) is 5.57 Å². The average Bonchev–Trinajstić information content (AvgIpc) is 3.04. The number of nitriles is 1. The summed E-state index contributed by atoms with van der Waals surface area (Å²) < 4.78 is 2.22. The topological polar surface area (TPSA) is 66.0 Å². The quantitative estimate of drug-likeness (QED) is 0.640. The van der Waals surface area contributed by atoms with E-state index in [2.05, 4.69) is 4.57 Å². The Bertz CT molecular complexity index is 543. The van der Waals surface area contributed by atoms with Crippen molar-refractivity contribution in [1.29, 1.82) is 5.26 Å². The zero-order valence-electron chi connectivity index (χ0n) is 9.90. The Kier molecular flexibility index (Phi) is 2.76. The summed E-state index contributed by atoms with van der Waals surface area (Å²) in [5.41, 5.74) is 2.77. The van der Waals surface area contributed by atoms with Gasteiger partial charge in [-0.2, -0.15) is 5.26 Å². The molecule has 1 aliphatic carbocycles. The van der Waals surface area contributed by atoms with Crippen LogP contribution in [-0.2, 0) is 4.79 Å². The lowest BCUT2D eigenvalue weighted by Gasteiger charge is -2.06. The average molecular weight is 230 g/mol. The highest BCUT2D eigenvalue weighted by molar-refractivity contribution is 5.96. The van der Waals surface area contributed by atoms with Crippen LogP contribution in [-0.4, -0.2) is 15.6 Å². The van der Waals surface area contributed by atoms with Crippen molar-refractivity contribution in [1.82, 2.24) is 4.57 Å². The van der Waals surface area contributed by atoms with Crippen LogP contribution in [0.1, 0.15) is 35.8 Å². The van der Waals surface area contributed by atoms with Gasteiger partial charge in [0.05, 0.1) is 0 Å². The molecule has 0 aliphatic heterocycles. The summed E-state index contributed by atoms with van der Waals surface area (Å²) in [6, 6.07) is 4.20. The van der Waals surface area contributed by atoms with E-state index in [1.807, 2.05) is 19.9 Å². The molecule has 1 fully saturated rings. The number of aryl methyl sites for hydroxylation is 1. The van der Waals surface area contributed by atoms with Crippen molar-refractivity contribution in [2.24, 2.45) is 0 Å². The molecule has 0 bridgehead atoms. The maximum Gasteiger partial charge on any atom is 0.346 e. The first-order chi connectivity index (χ1) is 8.04. The molecule has 1 heterocycles. The van der Waals surface area contributed by atoms with Gasteiger partial charge in [-0.3, -0.25) is 0 Å². The highest BCUT2D eigenvalue weighted by atomic mass is 16.4. The molecule has 0 spiro atoms. The van der Waals surface area contributed by atoms with E-state index in [9.17, 15) is 4.79 Å². The molecule has 0 radical (unpaired) electrons. The number of aromatic nitrogens is 1. The molecule has 1 N–H and O–H groups in total. The predicted octanol–water partition coefficient (Wildman–Crippen LogP) is 2.43. The summed E-state index contributed by atoms with van der Waals surface area (Å²) in [6.45, 7) is 3.98. The van der Waals surface area contributed by atoms with Crippen molar-refractivity contribution in [2.45, 2.75) is 32.7 Å². The minimum absolute atomic E-state index is 0.221. The fourth-order valence-electron chi connectivity index (χ4n) is 2.14. The highest BCUT2D eigenvalue weighted by Gasteiger charge is 2.26. The molecule has 0 saturated heterocycles. The Balaban J connectivity index is 2.44. The molecule has 1 saturated carbocycles. The zero-order valence-corrected chi connectivity index (χ0v) is 9.90. The molecule has 1 aliphatic rings. The second-order valence-corrected chi connectivity index (χ2v) is 4.40. The van der Waals surface area contributed by atoms with E-state index in [4.69, 9.17) is 10.4 Å². The number of carbonyl (C=O) groups is 1. The third kappa shape index (κ3) is 2.09. The third-order valence-electron chi connectivity index (χ3n) is 3.09. The summed E-state index contributed by atoms with van der Waals surface area (Å²) in [4.78, 5) is 10.8. The zero-order chi connectivity index (χ0) is 12.6. The first kappa shape index (κ1) is 11.5. The van der Waals surface area contributed by atoms with Crippen molar-refractivity contribution < 1.29 is 9.90 Å². The van der Waals surface area contributed by atoms with E-state index in [1.54, 1.807) is 6.07 Å². The number of hydrogen-bond donors (Lipinski definition) is 1. The SMILES string of the molecule is Cc1cc(C=C(C#N)C(=O)O)c(C)n1C1CC1. The Hall–Kier alpha value is -2.02. The van der Waals surface area contributed by atoms with Gasteiger partial charge in [-0.1, -0.05) is 0 Å². The molecular weight excluding hydrogens is 216 g/mol. The molecule has 1 aromatic heterocycles. The minimum atomic E-state index is -1.18. The van der Waals surface area contributed by atoms with E-state index in [0.717, 1.165) is 17.0 Å². The largest absolute Gasteiger partial charge is 0.477 e. The Labute approximate surface area is 99.8 Å². The number of carboxylic acid groups (broad SMARTS) is 1. The van der Waals surface area contributed by atoms with Gasteiger partial charge in [0, 0.05) is 17.4 Å². The first-order valence-electron chi connectivity index (χ1n) is 5.58. The van der Waals surface area contributed by atoms with Gasteiger partial charge < -0.3 is 9.67 Å². The van der Waals surface area contributed by atoms with Crippen molar-refractivity contribution in [3.8, 4) is 6.07 Å².